The van der Waals surface area contributed by atoms with Crippen molar-refractivity contribution in [3.63, 3.8) is 0 Å². The fourth-order valence-corrected chi connectivity index (χ4v) is 7.35. The topological polar surface area (TPSA) is 135 Å². The third-order valence-electron chi connectivity index (χ3n) is 10.4. The van der Waals surface area contributed by atoms with Crippen LogP contribution in [0.25, 0.3) is 0 Å². The highest BCUT2D eigenvalue weighted by Gasteiger charge is 2.43. The maximum atomic E-state index is 11.5. The molecule has 52 heavy (non-hydrogen) atoms. The van der Waals surface area contributed by atoms with Crippen molar-refractivity contribution in [2.75, 3.05) is 0 Å². The van der Waals surface area contributed by atoms with Crippen LogP contribution < -0.4 is 0 Å². The molecule has 8 nitrogen and oxygen atoms in total. The van der Waals surface area contributed by atoms with E-state index < -0.39 is 23.8 Å². The minimum absolute atomic E-state index is 0. The van der Waals surface area contributed by atoms with E-state index in [0.29, 0.717) is 23.0 Å². The molecule has 0 aromatic rings. The van der Waals surface area contributed by atoms with Crippen LogP contribution in [0, 0.1) is 88.3 Å². The fraction of sp³-hybridized carbons (Fsp3) is 0.841. The Kier molecular flexibility index (Phi) is 27.6. The smallest absolute Gasteiger partial charge is 0.315 e. The van der Waals surface area contributed by atoms with Crippen LogP contribution in [0.4, 0.5) is 0 Å². The molecule has 0 aromatic carbocycles. The molecule has 6 atom stereocenters. The molecular weight excluding hydrogens is 656 g/mol. The number of carboxylic acid groups (broad SMARTS) is 2. The van der Waals surface area contributed by atoms with Crippen molar-refractivity contribution in [3.8, 4) is 0 Å². The zero-order valence-electron chi connectivity index (χ0n) is 36.3. The minimum atomic E-state index is -0.867. The first kappa shape index (κ1) is 56.2. The van der Waals surface area contributed by atoms with Gasteiger partial charge in [0.1, 0.15) is 17.3 Å². The van der Waals surface area contributed by atoms with Gasteiger partial charge in [0.15, 0.2) is 0 Å². The average Bonchev–Trinajstić information content (AvgIpc) is 3.22. The maximum absolute atomic E-state index is 11.5. The van der Waals surface area contributed by atoms with Crippen molar-refractivity contribution < 1.29 is 38.9 Å². The number of aliphatic carboxylic acids is 2. The van der Waals surface area contributed by atoms with E-state index >= 15 is 0 Å². The Hall–Kier alpha value is -2.51. The van der Waals surface area contributed by atoms with Crippen molar-refractivity contribution in [2.45, 2.75) is 152 Å². The van der Waals surface area contributed by atoms with Gasteiger partial charge in [-0.3, -0.25) is 24.0 Å². The maximum Gasteiger partial charge on any atom is 0.315 e. The van der Waals surface area contributed by atoms with Crippen molar-refractivity contribution in [2.24, 2.45) is 88.3 Å². The Morgan fingerprint density at radius 2 is 0.904 bits per heavy atom. The molecule has 1 aliphatic rings. The summed E-state index contributed by atoms with van der Waals surface area (Å²) >= 11 is 0. The number of hydrogen-bond donors (Lipinski definition) is 2. The van der Waals surface area contributed by atoms with Crippen molar-refractivity contribution >= 4 is 29.5 Å². The Labute approximate surface area is 320 Å². The number of ether oxygens (including phenoxy) is 1. The first-order valence-electron chi connectivity index (χ1n) is 19.2. The highest BCUT2D eigenvalue weighted by molar-refractivity contribution is 5.85. The average molecular weight is 741 g/mol. The molecule has 6 unspecified atom stereocenters. The van der Waals surface area contributed by atoms with E-state index in [0.717, 1.165) is 11.8 Å². The molecule has 0 spiro atoms. The number of cyclic esters (lactones) is 1. The highest BCUT2D eigenvalue weighted by atomic mass is 16.5. The summed E-state index contributed by atoms with van der Waals surface area (Å²) < 4.78 is 5.08. The summed E-state index contributed by atoms with van der Waals surface area (Å²) in [4.78, 5) is 56.3. The number of carboxylic acids is 2. The van der Waals surface area contributed by atoms with Gasteiger partial charge in [0.25, 0.3) is 0 Å². The van der Waals surface area contributed by atoms with Gasteiger partial charge in [-0.25, -0.2) is 0 Å². The summed E-state index contributed by atoms with van der Waals surface area (Å²) in [6, 6.07) is 0. The zero-order chi connectivity index (χ0) is 41.5. The molecule has 0 aliphatic carbocycles. The molecule has 0 aromatic heterocycles. The van der Waals surface area contributed by atoms with E-state index in [2.05, 4.69) is 75.8 Å². The quantitative estimate of drug-likeness (QED) is 0.158. The van der Waals surface area contributed by atoms with E-state index in [1.807, 2.05) is 55.4 Å². The number of rotatable bonds is 15. The van der Waals surface area contributed by atoms with E-state index in [4.69, 9.17) is 14.9 Å². The minimum Gasteiger partial charge on any atom is -0.481 e. The lowest BCUT2D eigenvalue weighted by Gasteiger charge is -2.30. The highest BCUT2D eigenvalue weighted by Crippen LogP contribution is 2.40. The predicted molar refractivity (Wildman–Crippen MR) is 217 cm³/mol. The molecule has 0 saturated carbocycles. The summed E-state index contributed by atoms with van der Waals surface area (Å²) in [5, 5.41) is 18.1. The first-order chi connectivity index (χ1) is 22.9. The van der Waals surface area contributed by atoms with E-state index in [1.165, 1.54) is 20.3 Å². The van der Waals surface area contributed by atoms with Gasteiger partial charge in [0, 0.05) is 17.8 Å². The first-order valence-corrected chi connectivity index (χ1v) is 19.2. The van der Waals surface area contributed by atoms with Gasteiger partial charge in [0.05, 0.1) is 17.8 Å². The van der Waals surface area contributed by atoms with Crippen LogP contribution in [-0.2, 0) is 28.7 Å². The molecule has 0 amide bonds. The van der Waals surface area contributed by atoms with Crippen molar-refractivity contribution in [3.05, 3.63) is 12.3 Å². The van der Waals surface area contributed by atoms with Crippen LogP contribution in [-0.4, -0.2) is 39.7 Å². The molecule has 1 heterocycles. The molecular formula is C44H84O8. The van der Waals surface area contributed by atoms with Crippen LogP contribution in [0.2, 0.25) is 0 Å². The molecule has 1 rings (SSSR count). The van der Waals surface area contributed by atoms with Gasteiger partial charge in [-0.2, -0.15) is 0 Å². The van der Waals surface area contributed by atoms with Gasteiger partial charge in [0.2, 0.25) is 0 Å². The molecule has 2 N–H and O–H groups in total. The van der Waals surface area contributed by atoms with E-state index in [1.54, 1.807) is 0 Å². The lowest BCUT2D eigenvalue weighted by Crippen LogP contribution is -2.35. The normalized spacial score (nSPS) is 18.2. The summed E-state index contributed by atoms with van der Waals surface area (Å²) in [6.07, 6.45) is 1.34. The second kappa shape index (κ2) is 25.5. The third-order valence-corrected chi connectivity index (χ3v) is 10.4. The lowest BCUT2D eigenvalue weighted by molar-refractivity contribution is -0.150. The monoisotopic (exact) mass is 741 g/mol. The molecule has 308 valence electrons. The van der Waals surface area contributed by atoms with Gasteiger partial charge in [-0.1, -0.05) is 139 Å². The number of carbonyl (C=O) groups is 5. The second-order valence-corrected chi connectivity index (χ2v) is 18.1. The number of ketones is 2. The Morgan fingerprint density at radius 3 is 1.02 bits per heavy atom. The fourth-order valence-electron chi connectivity index (χ4n) is 7.35. The number of carbonyl (C=O) groups excluding carboxylic acids is 3. The van der Waals surface area contributed by atoms with Gasteiger partial charge in [-0.15, -0.1) is 0 Å². The molecule has 1 aliphatic heterocycles. The molecule has 1 fully saturated rings. The Morgan fingerprint density at radius 1 is 0.615 bits per heavy atom. The Bertz CT molecular complexity index is 974. The molecule has 8 heteroatoms. The SMILES string of the molecule is C.C=C1OC(=O)C(C(C)C)C1C(C)C.CC(=O)C(C(C)C)C(C(=O)O)C(C)C.CC(=O)C(C(C)C)C(C(=O)O)C(C)C.CC(C)CC(C)(C)C(C)C. The van der Waals surface area contributed by atoms with Crippen LogP contribution >= 0.6 is 0 Å². The molecule has 0 bridgehead atoms. The summed E-state index contributed by atoms with van der Waals surface area (Å²) in [6.45, 7) is 43.9. The van der Waals surface area contributed by atoms with Gasteiger partial charge in [-0.05, 0) is 73.0 Å². The molecule has 1 saturated heterocycles. The largest absolute Gasteiger partial charge is 0.481 e. The number of allylic oxidation sites excluding steroid dienone is 1. The van der Waals surface area contributed by atoms with Crippen LogP contribution in [0.3, 0.4) is 0 Å². The summed E-state index contributed by atoms with van der Waals surface area (Å²) in [7, 11) is 0. The summed E-state index contributed by atoms with van der Waals surface area (Å²) in [5.41, 5.74) is 0.522. The predicted octanol–water partition coefficient (Wildman–Crippen LogP) is 11.4. The number of Topliss-reactive ketones (excluding diaryl/α,β-unsaturated/α-hetero) is 2. The van der Waals surface area contributed by atoms with Crippen molar-refractivity contribution in [1.82, 2.24) is 0 Å². The van der Waals surface area contributed by atoms with Gasteiger partial charge >= 0.3 is 17.9 Å². The number of esters is 1. The van der Waals surface area contributed by atoms with E-state index in [-0.39, 0.29) is 72.3 Å². The lowest BCUT2D eigenvalue weighted by atomic mass is 9.75. The van der Waals surface area contributed by atoms with Gasteiger partial charge < -0.3 is 14.9 Å². The van der Waals surface area contributed by atoms with Crippen LogP contribution in [0.5, 0.6) is 0 Å². The van der Waals surface area contributed by atoms with E-state index in [9.17, 15) is 24.0 Å². The number of hydrogen-bond acceptors (Lipinski definition) is 6. The second-order valence-electron chi connectivity index (χ2n) is 18.1. The van der Waals surface area contributed by atoms with Crippen LogP contribution in [0.15, 0.2) is 12.3 Å². The van der Waals surface area contributed by atoms with Crippen LogP contribution in [0.1, 0.15) is 152 Å². The third kappa shape index (κ3) is 19.5. The standard InChI is InChI=1S/2C11H20O3.C11H18O2.C10H22.CH4/c2*1-6(2)9(8(5)12)10(7(3)4)11(13)14;1-6(2)9-8(5)13-11(12)10(9)7(3)4;1-8(2)7-10(5,6)9(3)4;/h2*6-7,9-10H,1-5H3,(H,13,14);6-7,9-10H,5H2,1-4H3;8-9H,7H2,1-6H3;1H4. The summed E-state index contributed by atoms with van der Waals surface area (Å²) in [5.74, 6) is -0.361. The Balaban J connectivity index is -0.000000296. The zero-order valence-corrected chi connectivity index (χ0v) is 36.3. The van der Waals surface area contributed by atoms with Crippen molar-refractivity contribution in [1.29, 1.82) is 0 Å². The molecule has 0 radical (unpaired) electrons.